The number of unbranched alkanes of at least 4 members (excludes halogenated alkanes) is 13. The van der Waals surface area contributed by atoms with Gasteiger partial charge in [-0.25, -0.2) is 0 Å². The van der Waals surface area contributed by atoms with Crippen LogP contribution in [-0.2, 0) is 0 Å². The minimum absolute atomic E-state index is 0. The van der Waals surface area contributed by atoms with E-state index in [1.807, 2.05) is 0 Å². The Morgan fingerprint density at radius 3 is 1.27 bits per heavy atom. The maximum atomic E-state index is 2.29. The molecule has 0 atom stereocenters. The van der Waals surface area contributed by atoms with Gasteiger partial charge in [0, 0.05) is 0 Å². The summed E-state index contributed by atoms with van der Waals surface area (Å²) < 4.78 is 0. The van der Waals surface area contributed by atoms with Crippen molar-refractivity contribution >= 4 is 17.0 Å². The molecule has 0 saturated heterocycles. The molecule has 2 heteroatoms. The van der Waals surface area contributed by atoms with E-state index in [1.54, 1.807) is 5.57 Å². The van der Waals surface area contributed by atoms with Crippen LogP contribution in [0, 0.1) is 0 Å². The van der Waals surface area contributed by atoms with E-state index < -0.39 is 0 Å². The van der Waals surface area contributed by atoms with Crippen LogP contribution in [0.4, 0.5) is 0 Å². The van der Waals surface area contributed by atoms with E-state index in [9.17, 15) is 0 Å². The fraction of sp³-hybridized carbons (Fsp3) is 0.900. The van der Waals surface area contributed by atoms with Gasteiger partial charge in [0.15, 0.2) is 0 Å². The van der Waals surface area contributed by atoms with E-state index >= 15 is 0 Å². The number of hydrogen-bond acceptors (Lipinski definition) is 1. The van der Waals surface area contributed by atoms with Crippen molar-refractivity contribution in [1.29, 1.82) is 0 Å². The Hall–Kier alpha value is 0.180. The smallest absolute Gasteiger partial charge is 0.0323 e. The number of hydrogen-bond donors (Lipinski definition) is 1. The molecule has 0 heterocycles. The highest BCUT2D eigenvalue weighted by molar-refractivity contribution is 8.93. The molecule has 0 fully saturated rings. The molecule has 0 aromatic carbocycles. The molecule has 22 heavy (non-hydrogen) atoms. The van der Waals surface area contributed by atoms with Crippen molar-refractivity contribution in [3.63, 3.8) is 0 Å². The molecule has 0 aliphatic rings. The van der Waals surface area contributed by atoms with Crippen LogP contribution >= 0.6 is 17.0 Å². The number of allylic oxidation sites excluding steroid dienone is 2. The second-order valence-electron chi connectivity index (χ2n) is 6.48. The van der Waals surface area contributed by atoms with Crippen molar-refractivity contribution < 1.29 is 0 Å². The predicted octanol–water partition coefficient (Wildman–Crippen LogP) is 8.56. The van der Waals surface area contributed by atoms with Crippen LogP contribution in [0.1, 0.15) is 117 Å². The largest absolute Gasteiger partial charge is 0.344 e. The van der Waals surface area contributed by atoms with Crippen LogP contribution in [0.5, 0.6) is 0 Å². The van der Waals surface area contributed by atoms with E-state index in [0.717, 1.165) is 0 Å². The molecule has 0 rings (SSSR count). The number of halogens is 1. The van der Waals surface area contributed by atoms with Gasteiger partial charge in [-0.1, -0.05) is 102 Å². The van der Waals surface area contributed by atoms with Crippen LogP contribution in [-0.4, -0.2) is 0 Å². The Morgan fingerprint density at radius 2 is 0.955 bits per heavy atom. The Labute approximate surface area is 152 Å². The third-order valence-electron chi connectivity index (χ3n) is 4.42. The number of rotatable bonds is 15. The molecule has 0 radical (unpaired) electrons. The molecular weight excluding hydrogens is 334 g/mol. The van der Waals surface area contributed by atoms with E-state index in [1.165, 1.54) is 96.3 Å². The third-order valence-corrected chi connectivity index (χ3v) is 4.42. The summed E-state index contributed by atoms with van der Waals surface area (Å²) in [7, 11) is 0. The first kappa shape index (κ1) is 27.0. The summed E-state index contributed by atoms with van der Waals surface area (Å²) in [5, 5.41) is 0. The van der Waals surface area contributed by atoms with Gasteiger partial charge in [-0.15, -0.1) is 17.0 Å². The first-order valence-electron chi connectivity index (χ1n) is 9.43. The highest BCUT2D eigenvalue weighted by atomic mass is 79.9. The van der Waals surface area contributed by atoms with Crippen LogP contribution in [0.25, 0.3) is 0 Å². The second kappa shape index (κ2) is 23.4. The zero-order chi connectivity index (χ0) is 14.9. The first-order valence-corrected chi connectivity index (χ1v) is 9.43. The van der Waals surface area contributed by atoms with E-state index in [4.69, 9.17) is 0 Å². The normalized spacial score (nSPS) is 11.0. The highest BCUT2D eigenvalue weighted by Gasteiger charge is 1.94. The Kier molecular flexibility index (Phi) is 28.8. The first-order chi connectivity index (χ1) is 9.81. The summed E-state index contributed by atoms with van der Waals surface area (Å²) in [6.45, 7) is 6.70. The molecule has 136 valence electrons. The summed E-state index contributed by atoms with van der Waals surface area (Å²) in [4.78, 5) is 0. The Morgan fingerprint density at radius 1 is 0.636 bits per heavy atom. The van der Waals surface area contributed by atoms with Crippen molar-refractivity contribution in [3.05, 3.63) is 11.6 Å². The molecular formula is C20H44BrN. The molecule has 0 amide bonds. The lowest BCUT2D eigenvalue weighted by atomic mass is 10.0. The van der Waals surface area contributed by atoms with E-state index in [-0.39, 0.29) is 23.1 Å². The molecule has 0 saturated carbocycles. The van der Waals surface area contributed by atoms with Crippen LogP contribution in [0.3, 0.4) is 0 Å². The van der Waals surface area contributed by atoms with Gasteiger partial charge in [-0.3, -0.25) is 0 Å². The van der Waals surface area contributed by atoms with Crippen molar-refractivity contribution in [3.8, 4) is 0 Å². The lowest BCUT2D eigenvalue weighted by Gasteiger charge is -2.03. The Bertz CT molecular complexity index is 214. The average molecular weight is 378 g/mol. The SMILES string of the molecule is Br.C/C=C(\C)CCCCCCCCCCCCCCCC.N. The highest BCUT2D eigenvalue weighted by Crippen LogP contribution is 2.14. The minimum Gasteiger partial charge on any atom is -0.344 e. The zero-order valence-corrected chi connectivity index (χ0v) is 17.5. The van der Waals surface area contributed by atoms with Crippen LogP contribution < -0.4 is 6.15 Å². The molecule has 1 nitrogen and oxygen atoms in total. The summed E-state index contributed by atoms with van der Waals surface area (Å²) in [5.41, 5.74) is 1.56. The molecule has 3 N–H and O–H groups in total. The van der Waals surface area contributed by atoms with Gasteiger partial charge in [0.05, 0.1) is 0 Å². The zero-order valence-electron chi connectivity index (χ0n) is 15.8. The predicted molar refractivity (Wildman–Crippen MR) is 110 cm³/mol. The standard InChI is InChI=1S/C20H40.BrH.H3N/c1-4-6-7-8-9-10-11-12-13-14-15-16-17-18-19-20(3)5-2;;/h5H,4,6-19H2,1-3H3;1H;1H3/b20-5+;;. The fourth-order valence-corrected chi connectivity index (χ4v) is 2.74. The molecule has 0 aliphatic carbocycles. The minimum atomic E-state index is 0. The quantitative estimate of drug-likeness (QED) is 0.225. The van der Waals surface area contributed by atoms with Crippen molar-refractivity contribution in [2.24, 2.45) is 0 Å². The maximum absolute atomic E-state index is 2.29. The molecule has 0 aromatic heterocycles. The molecule has 0 aliphatic heterocycles. The van der Waals surface area contributed by atoms with Gasteiger partial charge in [0.25, 0.3) is 0 Å². The maximum Gasteiger partial charge on any atom is -0.0323 e. The van der Waals surface area contributed by atoms with Gasteiger partial charge in [0.2, 0.25) is 0 Å². The Balaban J connectivity index is -0.00000180. The van der Waals surface area contributed by atoms with Crippen LogP contribution in [0.15, 0.2) is 11.6 Å². The lowest BCUT2D eigenvalue weighted by molar-refractivity contribution is 0.535. The summed E-state index contributed by atoms with van der Waals surface area (Å²) >= 11 is 0. The molecule has 0 aromatic rings. The summed E-state index contributed by atoms with van der Waals surface area (Å²) in [5.74, 6) is 0. The fourth-order valence-electron chi connectivity index (χ4n) is 2.74. The van der Waals surface area contributed by atoms with E-state index in [0.29, 0.717) is 0 Å². The molecule has 0 spiro atoms. The molecule has 0 bridgehead atoms. The molecule has 0 unspecified atom stereocenters. The van der Waals surface area contributed by atoms with Gasteiger partial charge in [-0.05, 0) is 26.7 Å². The van der Waals surface area contributed by atoms with Gasteiger partial charge in [0.1, 0.15) is 0 Å². The van der Waals surface area contributed by atoms with Crippen LogP contribution in [0.2, 0.25) is 0 Å². The lowest BCUT2D eigenvalue weighted by Crippen LogP contribution is -1.83. The summed E-state index contributed by atoms with van der Waals surface area (Å²) in [6.07, 6.45) is 23.9. The van der Waals surface area contributed by atoms with Gasteiger partial charge < -0.3 is 6.15 Å². The van der Waals surface area contributed by atoms with Crippen molar-refractivity contribution in [1.82, 2.24) is 6.15 Å². The van der Waals surface area contributed by atoms with Crippen molar-refractivity contribution in [2.75, 3.05) is 0 Å². The van der Waals surface area contributed by atoms with E-state index in [2.05, 4.69) is 26.8 Å². The second-order valence-corrected chi connectivity index (χ2v) is 6.48. The third kappa shape index (κ3) is 22.5. The van der Waals surface area contributed by atoms with Crippen molar-refractivity contribution in [2.45, 2.75) is 117 Å². The summed E-state index contributed by atoms with van der Waals surface area (Å²) in [6, 6.07) is 0. The van der Waals surface area contributed by atoms with Gasteiger partial charge in [-0.2, -0.15) is 0 Å². The topological polar surface area (TPSA) is 35.0 Å². The van der Waals surface area contributed by atoms with Gasteiger partial charge >= 0.3 is 0 Å². The average Bonchev–Trinajstić information content (AvgIpc) is 2.47. The monoisotopic (exact) mass is 377 g/mol.